The van der Waals surface area contributed by atoms with Gasteiger partial charge in [0, 0.05) is 35.6 Å². The van der Waals surface area contributed by atoms with Gasteiger partial charge >= 0.3 is 10.4 Å². The van der Waals surface area contributed by atoms with Gasteiger partial charge in [0.25, 0.3) is 30.4 Å². The summed E-state index contributed by atoms with van der Waals surface area (Å²) >= 11 is 9.99. The standard InChI is InChI=1S/C43H38Cl2N10O20S6/c1-22-14-24-16-29(78(62,63)64)19-32(36(24)40(58)37(22)53-52-31-12-7-26(18-33(31)79(65,66)67)46-35(56)4-3-13-76(59)74-20-44)47-42-48-41(45)49-43(50-42)55(2)27-8-11-30-23(15-27)17-34(80(68,69)70)38(39(30)57)54-51-25-5-9-28(10-6-25)77(60,61)21-75-81(71,72)73/h5-12,14-19,57-58H,3-4,13,20-21H2,1-2H3,(H,46,56)(H,62,63,64)(H,65,66,67)(H,68,69,70)(H,71,72,73)(H,47,48,49,50). The zero-order valence-electron chi connectivity index (χ0n) is 40.8. The van der Waals surface area contributed by atoms with Gasteiger partial charge in [-0.2, -0.15) is 53.7 Å². The summed E-state index contributed by atoms with van der Waals surface area (Å²) in [6.45, 7) is 1.42. The summed E-state index contributed by atoms with van der Waals surface area (Å²) < 4.78 is 181. The Morgan fingerprint density at radius 3 is 2.05 bits per heavy atom. The van der Waals surface area contributed by atoms with Gasteiger partial charge in [-0.05, 0) is 126 Å². The predicted molar refractivity (Wildman–Crippen MR) is 290 cm³/mol. The number of carbonyl (C=O) groups is 1. The Labute approximate surface area is 471 Å². The Morgan fingerprint density at radius 1 is 0.728 bits per heavy atom. The molecule has 1 heterocycles. The molecule has 0 radical (unpaired) electrons. The van der Waals surface area contributed by atoms with Crippen LogP contribution in [-0.2, 0) is 74.8 Å². The van der Waals surface area contributed by atoms with Crippen molar-refractivity contribution in [1.82, 2.24) is 15.0 Å². The third kappa shape index (κ3) is 15.3. The number of azo groups is 2. The molecule has 0 bridgehead atoms. The Morgan fingerprint density at radius 2 is 1.41 bits per heavy atom. The summed E-state index contributed by atoms with van der Waals surface area (Å²) in [6, 6.07) is 15.1. The van der Waals surface area contributed by atoms with Crippen molar-refractivity contribution in [3.8, 4) is 11.5 Å². The number of hydrogen-bond acceptors (Lipinski definition) is 25. The lowest BCUT2D eigenvalue weighted by Crippen LogP contribution is -2.15. The third-order valence-corrected chi connectivity index (χ3v) is 16.9. The summed E-state index contributed by atoms with van der Waals surface area (Å²) in [7, 11) is -23.3. The van der Waals surface area contributed by atoms with E-state index in [1.165, 1.54) is 49.2 Å². The van der Waals surface area contributed by atoms with E-state index < -0.39 is 127 Å². The van der Waals surface area contributed by atoms with Gasteiger partial charge in [-0.15, -0.1) is 15.3 Å². The summed E-state index contributed by atoms with van der Waals surface area (Å²) in [5, 5.41) is 43.1. The fourth-order valence-electron chi connectivity index (χ4n) is 7.31. The number of rotatable bonds is 22. The molecule has 38 heteroatoms. The second-order valence-electron chi connectivity index (χ2n) is 16.5. The Hall–Kier alpha value is -7.04. The number of alkyl halides is 1. The number of aromatic hydroxyl groups is 2. The van der Waals surface area contributed by atoms with Gasteiger partial charge in [-0.25, -0.2) is 16.8 Å². The van der Waals surface area contributed by atoms with Gasteiger partial charge in [0.05, 0.1) is 26.9 Å². The molecule has 430 valence electrons. The van der Waals surface area contributed by atoms with Crippen LogP contribution in [0.2, 0.25) is 5.28 Å². The second-order valence-corrected chi connectivity index (χ2v) is 25.6. The van der Waals surface area contributed by atoms with Crippen molar-refractivity contribution in [3.63, 3.8) is 0 Å². The highest BCUT2D eigenvalue weighted by Gasteiger charge is 2.26. The lowest BCUT2D eigenvalue weighted by molar-refractivity contribution is -0.116. The van der Waals surface area contributed by atoms with Crippen LogP contribution in [0.5, 0.6) is 11.5 Å². The van der Waals surface area contributed by atoms with Crippen molar-refractivity contribution in [2.45, 2.75) is 39.3 Å². The molecule has 1 atom stereocenters. The molecule has 6 aromatic carbocycles. The highest BCUT2D eigenvalue weighted by atomic mass is 35.5. The first-order valence-electron chi connectivity index (χ1n) is 22.0. The van der Waals surface area contributed by atoms with E-state index in [0.717, 1.165) is 54.6 Å². The quantitative estimate of drug-likeness (QED) is 0.0182. The first-order valence-corrected chi connectivity index (χ1v) is 31.5. The van der Waals surface area contributed by atoms with Crippen molar-refractivity contribution in [2.75, 3.05) is 40.3 Å². The molecule has 30 nitrogen and oxygen atoms in total. The first-order chi connectivity index (χ1) is 37.7. The smallest absolute Gasteiger partial charge is 0.398 e. The van der Waals surface area contributed by atoms with E-state index in [9.17, 15) is 75.0 Å². The second kappa shape index (κ2) is 24.2. The molecule has 0 saturated carbocycles. The molecule has 0 aliphatic heterocycles. The summed E-state index contributed by atoms with van der Waals surface area (Å²) in [4.78, 5) is 23.4. The summed E-state index contributed by atoms with van der Waals surface area (Å²) in [5.41, 5.74) is -1.75. The fraction of sp³-hybridized carbons (Fsp3) is 0.163. The van der Waals surface area contributed by atoms with Crippen LogP contribution >= 0.6 is 23.2 Å². The normalized spacial score (nSPS) is 13.1. The number of hydrogen-bond donors (Lipinski definition) is 8. The maximum atomic E-state index is 12.7. The summed E-state index contributed by atoms with van der Waals surface area (Å²) in [6.07, 6.45) is -0.0387. The molecule has 1 unspecified atom stereocenters. The Balaban J connectivity index is 1.20. The van der Waals surface area contributed by atoms with Gasteiger partial charge in [0.1, 0.15) is 32.9 Å². The lowest BCUT2D eigenvalue weighted by atomic mass is 10.0. The number of phenols is 2. The predicted octanol–water partition coefficient (Wildman–Crippen LogP) is 7.78. The largest absolute Gasteiger partial charge is 0.505 e. The average molecular weight is 1280 g/mol. The third-order valence-electron chi connectivity index (χ3n) is 11.0. The Bertz CT molecular complexity index is 4370. The van der Waals surface area contributed by atoms with Crippen LogP contribution in [0.15, 0.2) is 125 Å². The van der Waals surface area contributed by atoms with Crippen LogP contribution in [0.1, 0.15) is 18.4 Å². The zero-order chi connectivity index (χ0) is 59.6. The van der Waals surface area contributed by atoms with Crippen LogP contribution < -0.4 is 15.5 Å². The molecule has 7 rings (SSSR count). The molecule has 1 aromatic heterocycles. The number of amides is 1. The molecule has 0 aliphatic carbocycles. The molecule has 81 heavy (non-hydrogen) atoms. The number of sulfone groups is 1. The van der Waals surface area contributed by atoms with Crippen LogP contribution in [-0.4, -0.2) is 120 Å². The maximum Gasteiger partial charge on any atom is 0.398 e. The van der Waals surface area contributed by atoms with E-state index in [1.807, 2.05) is 0 Å². The average Bonchev–Trinajstić information content (AvgIpc) is 3.40. The lowest BCUT2D eigenvalue weighted by Gasteiger charge is -2.19. The SMILES string of the molecule is Cc1cc2cc(S(=O)(=O)O)cc(Nc3nc(Cl)nc(N(C)c4ccc5c(O)c(N=Nc6ccc(S(=O)(=O)COS(=O)(=O)O)cc6)c(S(=O)(=O)O)cc5c4)n3)c2c(O)c1N=Nc1ccc(NC(=O)CCCS(=O)OCCl)cc1S(=O)(=O)O. The highest BCUT2D eigenvalue weighted by Crippen LogP contribution is 2.46. The van der Waals surface area contributed by atoms with E-state index in [0.29, 0.717) is 0 Å². The van der Waals surface area contributed by atoms with E-state index in [4.69, 9.17) is 31.9 Å². The number of nitrogens with one attached hydrogen (secondary N) is 2. The minimum absolute atomic E-state index is 0.0186. The van der Waals surface area contributed by atoms with Crippen LogP contribution in [0.4, 0.5) is 51.7 Å². The van der Waals surface area contributed by atoms with Crippen LogP contribution in [0, 0.1) is 6.92 Å². The molecule has 0 saturated heterocycles. The van der Waals surface area contributed by atoms with Crippen molar-refractivity contribution in [3.05, 3.63) is 95.8 Å². The van der Waals surface area contributed by atoms with Gasteiger partial charge in [-0.1, -0.05) is 11.6 Å². The number of aryl methyl sites for hydroxylation is 1. The van der Waals surface area contributed by atoms with Gasteiger partial charge < -0.3 is 25.7 Å². The zero-order valence-corrected chi connectivity index (χ0v) is 47.2. The molecule has 1 amide bonds. The van der Waals surface area contributed by atoms with E-state index in [1.54, 1.807) is 0 Å². The molecule has 0 spiro atoms. The minimum atomic E-state index is -5.18. The molecular weight excluding hydrogens is 1240 g/mol. The van der Waals surface area contributed by atoms with Crippen LogP contribution in [0.3, 0.4) is 0 Å². The molecule has 7 aromatic rings. The Kier molecular flexibility index (Phi) is 18.4. The van der Waals surface area contributed by atoms with E-state index in [-0.39, 0.29) is 86.2 Å². The van der Waals surface area contributed by atoms with Crippen molar-refractivity contribution in [2.24, 2.45) is 20.5 Å². The fourth-order valence-corrected chi connectivity index (χ4v) is 11.9. The minimum Gasteiger partial charge on any atom is -0.505 e. The van der Waals surface area contributed by atoms with E-state index in [2.05, 4.69) is 50.2 Å². The molecular formula is C43H38Cl2N10O20S6. The summed E-state index contributed by atoms with van der Waals surface area (Å²) in [5.74, 6) is -4.22. The van der Waals surface area contributed by atoms with Crippen molar-refractivity contribution < 1.29 is 87.9 Å². The van der Waals surface area contributed by atoms with Gasteiger partial charge in [0.15, 0.2) is 28.5 Å². The topological polar surface area (TPSA) is 460 Å². The number of fused-ring (bicyclic) bond motifs is 2. The number of benzene rings is 6. The highest BCUT2D eigenvalue weighted by molar-refractivity contribution is 7.92. The molecule has 0 aliphatic rings. The number of aromatic nitrogens is 3. The first kappa shape index (κ1) is 61.6. The van der Waals surface area contributed by atoms with Crippen molar-refractivity contribution >= 4 is 164 Å². The van der Waals surface area contributed by atoms with E-state index >= 15 is 0 Å². The molecule has 0 fully saturated rings. The van der Waals surface area contributed by atoms with Gasteiger partial charge in [0.2, 0.25) is 32.9 Å². The number of phenolic OH excluding ortho intramolecular Hbond substituents is 2. The monoisotopic (exact) mass is 1280 g/mol. The van der Waals surface area contributed by atoms with Crippen molar-refractivity contribution in [1.29, 1.82) is 0 Å². The number of halogens is 2. The van der Waals surface area contributed by atoms with Crippen LogP contribution in [0.25, 0.3) is 21.5 Å². The number of nitrogens with zero attached hydrogens (tertiary/aromatic N) is 8. The molecule has 8 N–H and O–H groups in total. The number of carbonyl (C=O) groups excluding carboxylic acids is 1. The number of anilines is 5. The van der Waals surface area contributed by atoms with Gasteiger partial charge in [-0.3, -0.25) is 27.2 Å². The maximum absolute atomic E-state index is 12.7.